The Morgan fingerprint density at radius 1 is 1.44 bits per heavy atom. The molecule has 0 aliphatic heterocycles. The van der Waals surface area contributed by atoms with Gasteiger partial charge < -0.3 is 5.11 Å². The van der Waals surface area contributed by atoms with E-state index in [9.17, 15) is 9.18 Å². The van der Waals surface area contributed by atoms with Crippen LogP contribution in [0, 0.1) is 5.82 Å². The van der Waals surface area contributed by atoms with Gasteiger partial charge in [0.05, 0.1) is 22.8 Å². The molecule has 2 aromatic rings. The third kappa shape index (κ3) is 2.44. The lowest BCUT2D eigenvalue weighted by Crippen LogP contribution is -2.08. The SMILES string of the molecule is O=C(O)Cc1c(Cl)nnn1-c1ccc(F)c(Cl)c1. The molecule has 1 N–H and O–H groups in total. The average Bonchev–Trinajstić information content (AvgIpc) is 2.64. The smallest absolute Gasteiger partial charge is 0.309 e. The first-order chi connectivity index (χ1) is 8.49. The molecule has 94 valence electrons. The Balaban J connectivity index is 2.50. The van der Waals surface area contributed by atoms with Crippen LogP contribution < -0.4 is 0 Å². The molecule has 0 atom stereocenters. The summed E-state index contributed by atoms with van der Waals surface area (Å²) in [5, 5.41) is 15.9. The summed E-state index contributed by atoms with van der Waals surface area (Å²) in [6, 6.07) is 3.86. The van der Waals surface area contributed by atoms with E-state index in [-0.39, 0.29) is 22.3 Å². The van der Waals surface area contributed by atoms with Gasteiger partial charge in [0.2, 0.25) is 0 Å². The molecule has 1 aromatic heterocycles. The molecule has 0 saturated carbocycles. The van der Waals surface area contributed by atoms with Gasteiger partial charge in [-0.3, -0.25) is 4.79 Å². The van der Waals surface area contributed by atoms with Crippen LogP contribution in [0.3, 0.4) is 0 Å². The van der Waals surface area contributed by atoms with Gasteiger partial charge >= 0.3 is 5.97 Å². The van der Waals surface area contributed by atoms with E-state index in [4.69, 9.17) is 28.3 Å². The lowest BCUT2D eigenvalue weighted by molar-refractivity contribution is -0.136. The highest BCUT2D eigenvalue weighted by molar-refractivity contribution is 6.31. The Kier molecular flexibility index (Phi) is 3.49. The van der Waals surface area contributed by atoms with Crippen LogP contribution in [0.25, 0.3) is 5.69 Å². The summed E-state index contributed by atoms with van der Waals surface area (Å²) in [5.74, 6) is -1.65. The highest BCUT2D eigenvalue weighted by Gasteiger charge is 2.16. The first kappa shape index (κ1) is 12.8. The third-order valence-electron chi connectivity index (χ3n) is 2.18. The van der Waals surface area contributed by atoms with Gasteiger partial charge in [-0.1, -0.05) is 28.4 Å². The fourth-order valence-corrected chi connectivity index (χ4v) is 1.75. The van der Waals surface area contributed by atoms with Crippen molar-refractivity contribution in [3.63, 3.8) is 0 Å². The molecule has 1 heterocycles. The third-order valence-corrected chi connectivity index (χ3v) is 2.77. The summed E-state index contributed by atoms with van der Waals surface area (Å²) in [5.41, 5.74) is 0.587. The van der Waals surface area contributed by atoms with Gasteiger partial charge in [-0.15, -0.1) is 5.10 Å². The predicted molar refractivity (Wildman–Crippen MR) is 62.7 cm³/mol. The molecular weight excluding hydrogens is 284 g/mol. The Labute approximate surface area is 111 Å². The number of benzene rings is 1. The Bertz CT molecular complexity index is 615. The van der Waals surface area contributed by atoms with E-state index in [0.29, 0.717) is 5.69 Å². The van der Waals surface area contributed by atoms with Crippen molar-refractivity contribution in [3.8, 4) is 5.69 Å². The van der Waals surface area contributed by atoms with Crippen molar-refractivity contribution >= 4 is 29.2 Å². The molecule has 5 nitrogen and oxygen atoms in total. The van der Waals surface area contributed by atoms with E-state index in [1.54, 1.807) is 0 Å². The van der Waals surface area contributed by atoms with Crippen molar-refractivity contribution in [2.45, 2.75) is 6.42 Å². The Morgan fingerprint density at radius 3 is 2.78 bits per heavy atom. The molecule has 2 rings (SSSR count). The monoisotopic (exact) mass is 289 g/mol. The van der Waals surface area contributed by atoms with Gasteiger partial charge in [0.1, 0.15) is 5.82 Å². The van der Waals surface area contributed by atoms with E-state index in [2.05, 4.69) is 10.3 Å². The second-order valence-corrected chi connectivity index (χ2v) is 4.17. The molecule has 0 aliphatic rings. The number of hydrogen-bond acceptors (Lipinski definition) is 3. The highest BCUT2D eigenvalue weighted by Crippen LogP contribution is 2.22. The first-order valence-corrected chi connectivity index (χ1v) is 5.52. The summed E-state index contributed by atoms with van der Waals surface area (Å²) in [4.78, 5) is 10.7. The number of rotatable bonds is 3. The number of aromatic nitrogens is 3. The van der Waals surface area contributed by atoms with Crippen LogP contribution in [0.5, 0.6) is 0 Å². The molecule has 0 unspecified atom stereocenters. The zero-order chi connectivity index (χ0) is 13.3. The molecule has 0 aliphatic carbocycles. The standard InChI is InChI=1S/C10H6Cl2FN3O2/c11-6-3-5(1-2-7(6)13)16-8(4-9(17)18)10(12)14-15-16/h1-3H,4H2,(H,17,18). The zero-order valence-electron chi connectivity index (χ0n) is 8.77. The number of carbonyl (C=O) groups is 1. The van der Waals surface area contributed by atoms with Crippen LogP contribution in [0.15, 0.2) is 18.2 Å². The van der Waals surface area contributed by atoms with Crippen molar-refractivity contribution in [1.82, 2.24) is 15.0 Å². The Morgan fingerprint density at radius 2 is 2.17 bits per heavy atom. The highest BCUT2D eigenvalue weighted by atomic mass is 35.5. The lowest BCUT2D eigenvalue weighted by Gasteiger charge is -2.05. The maximum atomic E-state index is 13.0. The van der Waals surface area contributed by atoms with Gasteiger partial charge in [0.25, 0.3) is 0 Å². The van der Waals surface area contributed by atoms with E-state index in [0.717, 1.165) is 6.07 Å². The second-order valence-electron chi connectivity index (χ2n) is 3.41. The van der Waals surface area contributed by atoms with Crippen molar-refractivity contribution in [2.24, 2.45) is 0 Å². The topological polar surface area (TPSA) is 68.0 Å². The summed E-state index contributed by atoms with van der Waals surface area (Å²) in [6.45, 7) is 0. The van der Waals surface area contributed by atoms with Crippen LogP contribution in [0.4, 0.5) is 4.39 Å². The van der Waals surface area contributed by atoms with Crippen LogP contribution in [-0.2, 0) is 11.2 Å². The fraction of sp³-hybridized carbons (Fsp3) is 0.100. The molecule has 1 aromatic carbocycles. The van der Waals surface area contributed by atoms with Gasteiger partial charge in [-0.25, -0.2) is 9.07 Å². The fourth-order valence-electron chi connectivity index (χ4n) is 1.40. The van der Waals surface area contributed by atoms with Gasteiger partial charge in [-0.2, -0.15) is 0 Å². The minimum atomic E-state index is -1.08. The minimum Gasteiger partial charge on any atom is -0.481 e. The zero-order valence-corrected chi connectivity index (χ0v) is 10.3. The van der Waals surface area contributed by atoms with Crippen LogP contribution in [0.2, 0.25) is 10.2 Å². The molecule has 0 radical (unpaired) electrons. The quantitative estimate of drug-likeness (QED) is 0.942. The normalized spacial score (nSPS) is 10.6. The van der Waals surface area contributed by atoms with E-state index in [1.165, 1.54) is 16.8 Å². The molecule has 0 amide bonds. The number of halogens is 3. The number of hydrogen-bond donors (Lipinski definition) is 1. The summed E-state index contributed by atoms with van der Waals surface area (Å²) < 4.78 is 14.2. The predicted octanol–water partition coefficient (Wildman–Crippen LogP) is 2.34. The maximum absolute atomic E-state index is 13.0. The molecule has 0 fully saturated rings. The maximum Gasteiger partial charge on any atom is 0.309 e. The molecule has 18 heavy (non-hydrogen) atoms. The first-order valence-electron chi connectivity index (χ1n) is 4.76. The second kappa shape index (κ2) is 4.91. The summed E-state index contributed by atoms with van der Waals surface area (Å²) in [7, 11) is 0. The largest absolute Gasteiger partial charge is 0.481 e. The number of aliphatic carboxylic acids is 1. The molecular formula is C10H6Cl2FN3O2. The van der Waals surface area contributed by atoms with Crippen LogP contribution in [-0.4, -0.2) is 26.1 Å². The van der Waals surface area contributed by atoms with Crippen molar-refractivity contribution < 1.29 is 14.3 Å². The van der Waals surface area contributed by atoms with Gasteiger partial charge in [0, 0.05) is 0 Å². The van der Waals surface area contributed by atoms with E-state index < -0.39 is 11.8 Å². The van der Waals surface area contributed by atoms with Gasteiger partial charge in [0.15, 0.2) is 5.15 Å². The van der Waals surface area contributed by atoms with E-state index >= 15 is 0 Å². The summed E-state index contributed by atoms with van der Waals surface area (Å²) in [6.07, 6.45) is -0.346. The number of carboxylic acid groups (broad SMARTS) is 1. The average molecular weight is 290 g/mol. The van der Waals surface area contributed by atoms with Crippen molar-refractivity contribution in [1.29, 1.82) is 0 Å². The van der Waals surface area contributed by atoms with E-state index in [1.807, 2.05) is 0 Å². The molecule has 0 spiro atoms. The lowest BCUT2D eigenvalue weighted by atomic mass is 10.3. The van der Waals surface area contributed by atoms with Crippen molar-refractivity contribution in [3.05, 3.63) is 39.9 Å². The minimum absolute atomic E-state index is 0.0159. The molecule has 8 heteroatoms. The molecule has 0 saturated heterocycles. The number of carboxylic acids is 1. The number of nitrogens with zero attached hydrogens (tertiary/aromatic N) is 3. The molecule has 0 bridgehead atoms. The van der Waals surface area contributed by atoms with Crippen molar-refractivity contribution in [2.75, 3.05) is 0 Å². The summed E-state index contributed by atoms with van der Waals surface area (Å²) >= 11 is 11.4. The van der Waals surface area contributed by atoms with Crippen LogP contribution in [0.1, 0.15) is 5.69 Å². The van der Waals surface area contributed by atoms with Gasteiger partial charge in [-0.05, 0) is 18.2 Å². The Hall–Kier alpha value is -1.66. The van der Waals surface area contributed by atoms with Crippen LogP contribution >= 0.6 is 23.2 Å².